The van der Waals surface area contributed by atoms with E-state index in [9.17, 15) is 0 Å². The zero-order valence-corrected chi connectivity index (χ0v) is 12.4. The van der Waals surface area contributed by atoms with Crippen molar-refractivity contribution < 1.29 is 4.74 Å². The zero-order chi connectivity index (χ0) is 13.1. The normalized spacial score (nSPS) is 12.9. The molecule has 1 aromatic carbocycles. The summed E-state index contributed by atoms with van der Waals surface area (Å²) in [6.45, 7) is 2.88. The number of fused-ring (bicyclic) bond motifs is 1. The molecule has 0 bridgehead atoms. The van der Waals surface area contributed by atoms with Crippen LogP contribution in [0.15, 0.2) is 18.2 Å². The molecule has 1 aromatic heterocycles. The van der Waals surface area contributed by atoms with Crippen LogP contribution in [0.4, 0.5) is 0 Å². The van der Waals surface area contributed by atoms with Crippen LogP contribution < -0.4 is 4.74 Å². The SMILES string of the molecule is COc1ccc2c(c1)nc(C(C)Cl)n2CCSC. The highest BCUT2D eigenvalue weighted by molar-refractivity contribution is 7.98. The highest BCUT2D eigenvalue weighted by Gasteiger charge is 2.14. The first-order chi connectivity index (χ1) is 8.67. The Kier molecular flexibility index (Phi) is 4.40. The number of benzene rings is 1. The van der Waals surface area contributed by atoms with Gasteiger partial charge in [0.15, 0.2) is 0 Å². The Morgan fingerprint density at radius 3 is 2.89 bits per heavy atom. The quantitative estimate of drug-likeness (QED) is 0.783. The van der Waals surface area contributed by atoms with Crippen molar-refractivity contribution in [2.24, 2.45) is 0 Å². The molecule has 18 heavy (non-hydrogen) atoms. The average Bonchev–Trinajstić information content (AvgIpc) is 2.74. The van der Waals surface area contributed by atoms with E-state index in [2.05, 4.69) is 15.8 Å². The second-order valence-corrected chi connectivity index (χ2v) is 5.73. The van der Waals surface area contributed by atoms with Crippen LogP contribution >= 0.6 is 23.4 Å². The Morgan fingerprint density at radius 1 is 1.50 bits per heavy atom. The molecule has 0 aliphatic carbocycles. The predicted octanol–water partition coefficient (Wildman–Crippen LogP) is 3.71. The molecule has 1 atom stereocenters. The number of rotatable bonds is 5. The second kappa shape index (κ2) is 5.85. The van der Waals surface area contributed by atoms with E-state index in [0.29, 0.717) is 0 Å². The summed E-state index contributed by atoms with van der Waals surface area (Å²) < 4.78 is 7.42. The smallest absolute Gasteiger partial charge is 0.127 e. The largest absolute Gasteiger partial charge is 0.497 e. The minimum atomic E-state index is -0.0924. The van der Waals surface area contributed by atoms with Gasteiger partial charge in [0.2, 0.25) is 0 Å². The molecule has 1 unspecified atom stereocenters. The van der Waals surface area contributed by atoms with E-state index >= 15 is 0 Å². The number of imidazole rings is 1. The summed E-state index contributed by atoms with van der Waals surface area (Å²) in [5.74, 6) is 2.80. The van der Waals surface area contributed by atoms with Crippen molar-refractivity contribution in [3.63, 3.8) is 0 Å². The minimum absolute atomic E-state index is 0.0924. The van der Waals surface area contributed by atoms with Crippen molar-refractivity contribution in [1.82, 2.24) is 9.55 Å². The lowest BCUT2D eigenvalue weighted by Gasteiger charge is -2.09. The summed E-state index contributed by atoms with van der Waals surface area (Å²) in [5, 5.41) is -0.0924. The minimum Gasteiger partial charge on any atom is -0.497 e. The van der Waals surface area contributed by atoms with E-state index in [1.54, 1.807) is 7.11 Å². The molecule has 0 spiro atoms. The van der Waals surface area contributed by atoms with Gasteiger partial charge in [-0.1, -0.05) is 0 Å². The van der Waals surface area contributed by atoms with Crippen LogP contribution in [-0.4, -0.2) is 28.7 Å². The third kappa shape index (κ3) is 2.59. The highest BCUT2D eigenvalue weighted by atomic mass is 35.5. The maximum atomic E-state index is 6.21. The van der Waals surface area contributed by atoms with Gasteiger partial charge in [0, 0.05) is 18.4 Å². The molecule has 0 N–H and O–H groups in total. The molecule has 5 heteroatoms. The lowest BCUT2D eigenvalue weighted by molar-refractivity contribution is 0.415. The molecule has 0 radical (unpaired) electrons. The Morgan fingerprint density at radius 2 is 2.28 bits per heavy atom. The van der Waals surface area contributed by atoms with E-state index in [0.717, 1.165) is 34.9 Å². The highest BCUT2D eigenvalue weighted by Crippen LogP contribution is 2.27. The van der Waals surface area contributed by atoms with E-state index in [4.69, 9.17) is 16.3 Å². The molecule has 98 valence electrons. The average molecular weight is 285 g/mol. The molecule has 2 aromatic rings. The number of aromatic nitrogens is 2. The van der Waals surface area contributed by atoms with Crippen LogP contribution in [0.5, 0.6) is 5.75 Å². The summed E-state index contributed by atoms with van der Waals surface area (Å²) in [6.07, 6.45) is 2.10. The second-order valence-electron chi connectivity index (χ2n) is 4.09. The number of halogens is 1. The third-order valence-corrected chi connectivity index (χ3v) is 3.65. The molecule has 1 heterocycles. The molecule has 0 fully saturated rings. The zero-order valence-electron chi connectivity index (χ0n) is 10.8. The lowest BCUT2D eigenvalue weighted by atomic mass is 10.3. The summed E-state index contributed by atoms with van der Waals surface area (Å²) in [5.41, 5.74) is 2.06. The van der Waals surface area contributed by atoms with Gasteiger partial charge in [0.25, 0.3) is 0 Å². The molecule has 0 amide bonds. The predicted molar refractivity (Wildman–Crippen MR) is 78.9 cm³/mol. The van der Waals surface area contributed by atoms with Crippen molar-refractivity contribution >= 4 is 34.4 Å². The van der Waals surface area contributed by atoms with Crippen LogP contribution in [0, 0.1) is 0 Å². The molecule has 0 aliphatic rings. The lowest BCUT2D eigenvalue weighted by Crippen LogP contribution is -2.06. The first-order valence-corrected chi connectivity index (χ1v) is 7.67. The van der Waals surface area contributed by atoms with Crippen molar-refractivity contribution in [2.75, 3.05) is 19.1 Å². The van der Waals surface area contributed by atoms with Crippen molar-refractivity contribution in [3.05, 3.63) is 24.0 Å². The van der Waals surface area contributed by atoms with Gasteiger partial charge in [-0.25, -0.2) is 4.98 Å². The first kappa shape index (κ1) is 13.6. The molecular weight excluding hydrogens is 268 g/mol. The molecule has 0 saturated heterocycles. The van der Waals surface area contributed by atoms with Crippen LogP contribution in [-0.2, 0) is 6.54 Å². The van der Waals surface area contributed by atoms with Crippen LogP contribution in [0.1, 0.15) is 18.1 Å². The van der Waals surface area contributed by atoms with E-state index in [1.165, 1.54) is 0 Å². The number of ether oxygens (including phenoxy) is 1. The van der Waals surface area contributed by atoms with Crippen molar-refractivity contribution in [2.45, 2.75) is 18.8 Å². The fraction of sp³-hybridized carbons (Fsp3) is 0.462. The van der Waals surface area contributed by atoms with Crippen molar-refractivity contribution in [1.29, 1.82) is 0 Å². The molecular formula is C13H17ClN2OS. The summed E-state index contributed by atoms with van der Waals surface area (Å²) in [6, 6.07) is 5.96. The Labute approximate surface area is 116 Å². The van der Waals surface area contributed by atoms with Gasteiger partial charge in [0.1, 0.15) is 11.6 Å². The fourth-order valence-corrected chi connectivity index (χ4v) is 2.51. The first-order valence-electron chi connectivity index (χ1n) is 5.84. The van der Waals surface area contributed by atoms with Gasteiger partial charge in [-0.2, -0.15) is 11.8 Å². The molecule has 3 nitrogen and oxygen atoms in total. The van der Waals surface area contributed by atoms with Gasteiger partial charge in [-0.05, 0) is 25.3 Å². The molecule has 0 aliphatic heterocycles. The summed E-state index contributed by atoms with van der Waals surface area (Å²) in [4.78, 5) is 4.62. The van der Waals surface area contributed by atoms with Gasteiger partial charge >= 0.3 is 0 Å². The van der Waals surface area contributed by atoms with E-state index in [1.807, 2.05) is 36.9 Å². The van der Waals surface area contributed by atoms with Crippen molar-refractivity contribution in [3.8, 4) is 5.75 Å². The van der Waals surface area contributed by atoms with E-state index in [-0.39, 0.29) is 5.38 Å². The maximum Gasteiger partial charge on any atom is 0.127 e. The van der Waals surface area contributed by atoms with Gasteiger partial charge in [-0.3, -0.25) is 0 Å². The fourth-order valence-electron chi connectivity index (χ4n) is 1.98. The topological polar surface area (TPSA) is 27.1 Å². The van der Waals surface area contributed by atoms with Gasteiger partial charge in [0.05, 0.1) is 23.5 Å². The number of thioether (sulfide) groups is 1. The number of methoxy groups -OCH3 is 1. The summed E-state index contributed by atoms with van der Waals surface area (Å²) >= 11 is 8.03. The summed E-state index contributed by atoms with van der Waals surface area (Å²) in [7, 11) is 1.66. The van der Waals surface area contributed by atoms with Crippen LogP contribution in [0.3, 0.4) is 0 Å². The number of alkyl halides is 1. The Hall–Kier alpha value is -0.870. The van der Waals surface area contributed by atoms with Gasteiger partial charge < -0.3 is 9.30 Å². The number of hydrogen-bond acceptors (Lipinski definition) is 3. The number of hydrogen-bond donors (Lipinski definition) is 0. The Balaban J connectivity index is 2.52. The number of aryl methyl sites for hydroxylation is 1. The standard InChI is InChI=1S/C13H17ClN2OS/c1-9(14)13-15-11-8-10(17-2)4-5-12(11)16(13)6-7-18-3/h4-5,8-9H,6-7H2,1-3H3. The van der Waals surface area contributed by atoms with Gasteiger partial charge in [-0.15, -0.1) is 11.6 Å². The Bertz CT molecular complexity index is 539. The van der Waals surface area contributed by atoms with Crippen LogP contribution in [0.25, 0.3) is 11.0 Å². The molecule has 0 saturated carbocycles. The number of nitrogens with zero attached hydrogens (tertiary/aromatic N) is 2. The monoisotopic (exact) mass is 284 g/mol. The maximum absolute atomic E-state index is 6.21. The van der Waals surface area contributed by atoms with Crippen LogP contribution in [0.2, 0.25) is 0 Å². The molecule has 2 rings (SSSR count). The third-order valence-electron chi connectivity index (χ3n) is 2.86. The van der Waals surface area contributed by atoms with E-state index < -0.39 is 0 Å².